The lowest BCUT2D eigenvalue weighted by molar-refractivity contribution is 0.511. The van der Waals surface area contributed by atoms with Crippen molar-refractivity contribution in [2.24, 2.45) is 4.99 Å². The molecule has 0 aromatic carbocycles. The minimum atomic E-state index is 0.558. The molecule has 0 radical (unpaired) electrons. The van der Waals surface area contributed by atoms with E-state index in [1.54, 1.807) is 26.9 Å². The van der Waals surface area contributed by atoms with Crippen molar-refractivity contribution in [1.29, 1.82) is 0 Å². The summed E-state index contributed by atoms with van der Waals surface area (Å²) < 4.78 is 5.21. The second kappa shape index (κ2) is 5.27. The van der Waals surface area contributed by atoms with Crippen molar-refractivity contribution in [3.63, 3.8) is 0 Å². The molecule has 0 N–H and O–H groups in total. The van der Waals surface area contributed by atoms with Crippen molar-refractivity contribution in [2.45, 2.75) is 13.5 Å². The lowest BCUT2D eigenvalue weighted by Crippen LogP contribution is -2.16. The van der Waals surface area contributed by atoms with Gasteiger partial charge in [-0.3, -0.25) is 0 Å². The minimum Gasteiger partial charge on any atom is -0.467 e. The van der Waals surface area contributed by atoms with Crippen LogP contribution >= 0.6 is 20.7 Å². The molecule has 6 heteroatoms. The van der Waals surface area contributed by atoms with E-state index in [1.807, 2.05) is 19.2 Å². The van der Waals surface area contributed by atoms with Crippen molar-refractivity contribution in [1.82, 2.24) is 4.98 Å². The van der Waals surface area contributed by atoms with E-state index in [2.05, 4.69) is 21.8 Å². The quantitative estimate of drug-likeness (QED) is 0.788. The highest BCUT2D eigenvalue weighted by Gasteiger charge is 2.02. The monoisotopic (exact) mass is 255 g/mol. The van der Waals surface area contributed by atoms with Gasteiger partial charge in [0.1, 0.15) is 12.3 Å². The third kappa shape index (κ3) is 2.70. The Labute approximate surface area is 101 Å². The second-order valence-corrected chi connectivity index (χ2v) is 5.32. The highest BCUT2D eigenvalue weighted by atomic mass is 32.9. The minimum absolute atomic E-state index is 0.558. The smallest absolute Gasteiger partial charge is 0.217 e. The molecule has 86 valence electrons. The molecule has 4 nitrogen and oxygen atoms in total. The van der Waals surface area contributed by atoms with Crippen LogP contribution < -0.4 is 9.70 Å². The first-order valence-corrected chi connectivity index (χ1v) is 7.15. The molecule has 2 heterocycles. The highest BCUT2D eigenvalue weighted by Crippen LogP contribution is 2.16. The molecule has 2 aromatic rings. The maximum Gasteiger partial charge on any atom is 0.217 e. The molecule has 0 atom stereocenters. The van der Waals surface area contributed by atoms with Gasteiger partial charge in [0.25, 0.3) is 0 Å². The Balaban J connectivity index is 2.09. The Hall–Kier alpha value is -1.14. The van der Waals surface area contributed by atoms with Crippen LogP contribution in [0.2, 0.25) is 0 Å². The molecule has 0 amide bonds. The van der Waals surface area contributed by atoms with Gasteiger partial charge in [0.05, 0.1) is 6.26 Å². The van der Waals surface area contributed by atoms with Gasteiger partial charge in [-0.05, 0) is 39.7 Å². The fourth-order valence-corrected chi connectivity index (χ4v) is 3.13. The largest absolute Gasteiger partial charge is 0.467 e. The van der Waals surface area contributed by atoms with E-state index in [0.717, 1.165) is 22.2 Å². The Morgan fingerprint density at radius 3 is 3.06 bits per heavy atom. The Kier molecular flexibility index (Phi) is 3.74. The molecular formula is C10H13N3OS2. The third-order valence-corrected chi connectivity index (χ3v) is 4.28. The van der Waals surface area contributed by atoms with Gasteiger partial charge in [-0.1, -0.05) is 0 Å². The zero-order valence-electron chi connectivity index (χ0n) is 9.21. The molecule has 16 heavy (non-hydrogen) atoms. The summed E-state index contributed by atoms with van der Waals surface area (Å²) in [6, 6.07) is 3.78. The number of furan rings is 1. The number of nitrogens with zero attached hydrogens (tertiary/aromatic N) is 3. The maximum absolute atomic E-state index is 5.21. The first kappa shape index (κ1) is 11.3. The van der Waals surface area contributed by atoms with Crippen LogP contribution in [-0.4, -0.2) is 18.6 Å². The molecule has 0 saturated carbocycles. The molecule has 0 bridgehead atoms. The van der Waals surface area contributed by atoms with Gasteiger partial charge in [-0.2, -0.15) is 4.98 Å². The summed E-state index contributed by atoms with van der Waals surface area (Å²) in [6.45, 7) is 3.62. The Morgan fingerprint density at radius 2 is 2.38 bits per heavy atom. The predicted molar refractivity (Wildman–Crippen MR) is 66.9 cm³/mol. The molecule has 0 spiro atoms. The van der Waals surface area contributed by atoms with Crippen LogP contribution in [0.25, 0.3) is 0 Å². The van der Waals surface area contributed by atoms with Crippen LogP contribution in [0.5, 0.6) is 0 Å². The molecule has 0 aliphatic carbocycles. The van der Waals surface area contributed by atoms with Crippen molar-refractivity contribution in [3.05, 3.63) is 29.0 Å². The van der Waals surface area contributed by atoms with E-state index in [4.69, 9.17) is 4.42 Å². The number of anilines is 1. The van der Waals surface area contributed by atoms with E-state index in [0.29, 0.717) is 6.54 Å². The fourth-order valence-electron chi connectivity index (χ4n) is 1.09. The van der Waals surface area contributed by atoms with E-state index < -0.39 is 0 Å². The summed E-state index contributed by atoms with van der Waals surface area (Å²) in [4.78, 5) is 11.7. The van der Waals surface area contributed by atoms with Gasteiger partial charge in [-0.15, -0.1) is 0 Å². The number of hydrogen-bond donors (Lipinski definition) is 0. The molecule has 0 saturated heterocycles. The van der Waals surface area contributed by atoms with Gasteiger partial charge in [0.2, 0.25) is 4.80 Å². The maximum atomic E-state index is 5.21. The van der Waals surface area contributed by atoms with E-state index in [1.165, 1.54) is 0 Å². The lowest BCUT2D eigenvalue weighted by Gasteiger charge is -2.10. The average molecular weight is 255 g/mol. The van der Waals surface area contributed by atoms with Crippen LogP contribution in [0.3, 0.4) is 0 Å². The molecule has 0 aliphatic rings. The lowest BCUT2D eigenvalue weighted by atomic mass is 10.5. The standard InChI is InChI=1S/C10H13N3OS2/c1-3-13(2)10-12-9(15-16-10)11-7-8-5-4-6-14-8/h4-6H,3,7H2,1-2H3. The molecule has 2 aromatic heterocycles. The summed E-state index contributed by atoms with van der Waals surface area (Å²) in [7, 11) is 5.28. The third-order valence-electron chi connectivity index (χ3n) is 2.13. The van der Waals surface area contributed by atoms with Gasteiger partial charge in [0, 0.05) is 13.6 Å². The molecule has 0 fully saturated rings. The zero-order chi connectivity index (χ0) is 11.4. The Morgan fingerprint density at radius 1 is 1.50 bits per heavy atom. The van der Waals surface area contributed by atoms with Crippen molar-refractivity contribution < 1.29 is 4.42 Å². The second-order valence-electron chi connectivity index (χ2n) is 3.25. The summed E-state index contributed by atoms with van der Waals surface area (Å²) >= 11 is 0. The zero-order valence-corrected chi connectivity index (χ0v) is 10.8. The predicted octanol–water partition coefficient (Wildman–Crippen LogP) is 2.35. The van der Waals surface area contributed by atoms with Crippen molar-refractivity contribution in [2.75, 3.05) is 18.5 Å². The molecular weight excluding hydrogens is 242 g/mol. The number of rotatable bonds is 4. The normalized spacial score (nSPS) is 12.0. The van der Waals surface area contributed by atoms with Crippen LogP contribution in [-0.2, 0) is 6.54 Å². The number of hydrogen-bond acceptors (Lipinski definition) is 6. The van der Waals surface area contributed by atoms with Gasteiger partial charge in [-0.25, -0.2) is 4.99 Å². The van der Waals surface area contributed by atoms with E-state index in [-0.39, 0.29) is 0 Å². The first-order valence-electron chi connectivity index (χ1n) is 5.00. The summed E-state index contributed by atoms with van der Waals surface area (Å²) in [6.07, 6.45) is 1.66. The summed E-state index contributed by atoms with van der Waals surface area (Å²) in [5.74, 6) is 0.866. The van der Waals surface area contributed by atoms with Gasteiger partial charge < -0.3 is 9.32 Å². The van der Waals surface area contributed by atoms with Gasteiger partial charge >= 0.3 is 0 Å². The SMILES string of the molecule is CCN(C)c1nc(=NCc2ccco2)ss1. The first-order chi connectivity index (χ1) is 7.79. The molecule has 2 rings (SSSR count). The highest BCUT2D eigenvalue weighted by molar-refractivity contribution is 7.69. The molecule has 0 unspecified atom stereocenters. The van der Waals surface area contributed by atoms with E-state index >= 15 is 0 Å². The summed E-state index contributed by atoms with van der Waals surface area (Å²) in [5, 5.41) is 1.02. The van der Waals surface area contributed by atoms with Crippen LogP contribution in [0, 0.1) is 0 Å². The topological polar surface area (TPSA) is 41.6 Å². The Bertz CT molecular complexity index is 486. The van der Waals surface area contributed by atoms with E-state index in [9.17, 15) is 0 Å². The van der Waals surface area contributed by atoms with Crippen molar-refractivity contribution >= 4 is 25.8 Å². The van der Waals surface area contributed by atoms with Crippen LogP contribution in [0.4, 0.5) is 5.13 Å². The average Bonchev–Trinajstić information content (AvgIpc) is 2.96. The summed E-state index contributed by atoms with van der Waals surface area (Å²) in [5.41, 5.74) is 0. The van der Waals surface area contributed by atoms with Crippen LogP contribution in [0.1, 0.15) is 12.7 Å². The van der Waals surface area contributed by atoms with Crippen molar-refractivity contribution in [3.8, 4) is 0 Å². The number of aromatic nitrogens is 1. The fraction of sp³-hybridized carbons (Fsp3) is 0.400. The van der Waals surface area contributed by atoms with Crippen LogP contribution in [0.15, 0.2) is 27.8 Å². The van der Waals surface area contributed by atoms with Gasteiger partial charge in [0.15, 0.2) is 5.13 Å². The molecule has 0 aliphatic heterocycles.